The van der Waals surface area contributed by atoms with Crippen molar-refractivity contribution in [2.24, 2.45) is 5.92 Å². The highest BCUT2D eigenvalue weighted by Gasteiger charge is 2.25. The molecule has 0 aliphatic carbocycles. The molecule has 0 bridgehead atoms. The van der Waals surface area contributed by atoms with Gasteiger partial charge in [-0.2, -0.15) is 0 Å². The minimum absolute atomic E-state index is 0.296. The molecule has 80 valence electrons. The fraction of sp³-hybridized carbons (Fsp3) is 1.00. The Balaban J connectivity index is 3.82. The molecule has 0 aromatic carbocycles. The van der Waals surface area contributed by atoms with Crippen LogP contribution in [-0.4, -0.2) is 49.3 Å². The third-order valence-corrected chi connectivity index (χ3v) is 2.58. The highest BCUT2D eigenvalue weighted by atomic mass is 16.3. The minimum atomic E-state index is -0.581. The molecule has 0 spiro atoms. The van der Waals surface area contributed by atoms with Crippen molar-refractivity contribution in [1.82, 2.24) is 10.2 Å². The number of aliphatic hydroxyl groups is 1. The van der Waals surface area contributed by atoms with Gasteiger partial charge in [-0.1, -0.05) is 13.8 Å². The van der Waals surface area contributed by atoms with Crippen molar-refractivity contribution < 1.29 is 5.11 Å². The van der Waals surface area contributed by atoms with Crippen molar-refractivity contribution in [2.45, 2.75) is 26.4 Å². The Morgan fingerprint density at radius 1 is 1.46 bits per heavy atom. The second kappa shape index (κ2) is 5.58. The molecule has 0 saturated heterocycles. The van der Waals surface area contributed by atoms with Crippen LogP contribution < -0.4 is 5.32 Å². The molecule has 0 radical (unpaired) electrons. The largest absolute Gasteiger partial charge is 0.389 e. The van der Waals surface area contributed by atoms with Crippen LogP contribution in [0.1, 0.15) is 20.8 Å². The summed E-state index contributed by atoms with van der Waals surface area (Å²) >= 11 is 0. The van der Waals surface area contributed by atoms with E-state index < -0.39 is 5.60 Å². The van der Waals surface area contributed by atoms with Gasteiger partial charge in [0.2, 0.25) is 0 Å². The molecule has 0 rings (SSSR count). The first-order valence-corrected chi connectivity index (χ1v) is 4.95. The fourth-order valence-corrected chi connectivity index (χ4v) is 1.11. The molecule has 0 saturated carbocycles. The normalized spacial score (nSPS) is 16.6. The smallest absolute Gasteiger partial charge is 0.0768 e. The Kier molecular flexibility index (Phi) is 5.53. The second-order valence-electron chi connectivity index (χ2n) is 4.35. The van der Waals surface area contributed by atoms with Crippen molar-refractivity contribution in [1.29, 1.82) is 0 Å². The number of rotatable bonds is 6. The van der Waals surface area contributed by atoms with Gasteiger partial charge in [0, 0.05) is 19.6 Å². The molecule has 0 aromatic rings. The number of nitrogens with zero attached hydrogens (tertiary/aromatic N) is 1. The molecule has 2 N–H and O–H groups in total. The van der Waals surface area contributed by atoms with Gasteiger partial charge in [-0.3, -0.25) is 0 Å². The van der Waals surface area contributed by atoms with E-state index in [0.29, 0.717) is 5.92 Å². The van der Waals surface area contributed by atoms with Gasteiger partial charge < -0.3 is 15.3 Å². The van der Waals surface area contributed by atoms with Crippen molar-refractivity contribution in [2.75, 3.05) is 33.7 Å². The van der Waals surface area contributed by atoms with E-state index in [9.17, 15) is 5.11 Å². The van der Waals surface area contributed by atoms with E-state index >= 15 is 0 Å². The molecule has 0 amide bonds. The van der Waals surface area contributed by atoms with E-state index in [4.69, 9.17) is 0 Å². The van der Waals surface area contributed by atoms with Crippen LogP contribution in [0.2, 0.25) is 0 Å². The van der Waals surface area contributed by atoms with E-state index in [-0.39, 0.29) is 0 Å². The van der Waals surface area contributed by atoms with Gasteiger partial charge in [0.05, 0.1) is 5.60 Å². The molecule has 1 atom stereocenters. The molecule has 3 nitrogen and oxygen atoms in total. The summed E-state index contributed by atoms with van der Waals surface area (Å²) in [7, 11) is 3.97. The summed E-state index contributed by atoms with van der Waals surface area (Å²) in [5.74, 6) is 0.296. The molecule has 1 unspecified atom stereocenters. The third-order valence-electron chi connectivity index (χ3n) is 2.58. The fourth-order valence-electron chi connectivity index (χ4n) is 1.11. The van der Waals surface area contributed by atoms with Crippen LogP contribution in [-0.2, 0) is 0 Å². The van der Waals surface area contributed by atoms with Gasteiger partial charge in [-0.05, 0) is 26.9 Å². The summed E-state index contributed by atoms with van der Waals surface area (Å²) in [6, 6.07) is 0. The lowest BCUT2D eigenvalue weighted by atomic mass is 9.92. The van der Waals surface area contributed by atoms with Gasteiger partial charge in [0.25, 0.3) is 0 Å². The van der Waals surface area contributed by atoms with Gasteiger partial charge >= 0.3 is 0 Å². The zero-order valence-electron chi connectivity index (χ0n) is 9.59. The van der Waals surface area contributed by atoms with Crippen LogP contribution >= 0.6 is 0 Å². The molecule has 3 heteroatoms. The summed E-state index contributed by atoms with van der Waals surface area (Å²) in [6.07, 6.45) is 0. The highest BCUT2D eigenvalue weighted by Crippen LogP contribution is 2.16. The Bertz CT molecular complexity index is 135. The van der Waals surface area contributed by atoms with E-state index in [1.165, 1.54) is 0 Å². The molecule has 0 aliphatic rings. The number of hydrogen-bond donors (Lipinski definition) is 2. The zero-order chi connectivity index (χ0) is 10.5. The van der Waals surface area contributed by atoms with Crippen molar-refractivity contribution in [3.8, 4) is 0 Å². The summed E-state index contributed by atoms with van der Waals surface area (Å²) in [5, 5.41) is 13.1. The van der Waals surface area contributed by atoms with Gasteiger partial charge in [0.15, 0.2) is 0 Å². The van der Waals surface area contributed by atoms with Crippen LogP contribution in [0.4, 0.5) is 0 Å². The monoisotopic (exact) mass is 188 g/mol. The van der Waals surface area contributed by atoms with E-state index in [1.54, 1.807) is 0 Å². The van der Waals surface area contributed by atoms with Crippen LogP contribution in [0.3, 0.4) is 0 Å². The number of nitrogens with one attached hydrogen (secondary N) is 1. The molecule has 0 aliphatic heterocycles. The molecular formula is C10H24N2O. The topological polar surface area (TPSA) is 35.5 Å². The summed E-state index contributed by atoms with van der Waals surface area (Å²) in [6.45, 7) is 8.65. The third kappa shape index (κ3) is 5.24. The van der Waals surface area contributed by atoms with E-state index in [0.717, 1.165) is 19.6 Å². The SMILES string of the molecule is CNCCN(C)CC(C)(O)C(C)C. The Morgan fingerprint density at radius 3 is 2.38 bits per heavy atom. The lowest BCUT2D eigenvalue weighted by Crippen LogP contribution is -2.44. The first kappa shape index (κ1) is 12.9. The average Bonchev–Trinajstić information content (AvgIpc) is 1.99. The van der Waals surface area contributed by atoms with Crippen LogP contribution in [0.15, 0.2) is 0 Å². The maximum absolute atomic E-state index is 10.00. The van der Waals surface area contributed by atoms with Crippen LogP contribution in [0.5, 0.6) is 0 Å². The Labute approximate surface area is 82.1 Å². The molecule has 0 aromatic heterocycles. The van der Waals surface area contributed by atoms with Crippen molar-refractivity contribution >= 4 is 0 Å². The average molecular weight is 188 g/mol. The van der Waals surface area contributed by atoms with Crippen LogP contribution in [0.25, 0.3) is 0 Å². The predicted molar refractivity (Wildman–Crippen MR) is 56.9 cm³/mol. The lowest BCUT2D eigenvalue weighted by molar-refractivity contribution is -0.0126. The highest BCUT2D eigenvalue weighted by molar-refractivity contribution is 4.79. The maximum atomic E-state index is 10.00. The standard InChI is InChI=1S/C10H24N2O/c1-9(2)10(3,13)8-12(5)7-6-11-4/h9,11,13H,6-8H2,1-5H3. The second-order valence-corrected chi connectivity index (χ2v) is 4.35. The first-order chi connectivity index (χ1) is 5.90. The summed E-state index contributed by atoms with van der Waals surface area (Å²) < 4.78 is 0. The predicted octanol–water partition coefficient (Wildman–Crippen LogP) is 0.545. The number of likely N-dealkylation sites (N-methyl/N-ethyl adjacent to an activating group) is 2. The summed E-state index contributed by atoms with van der Waals surface area (Å²) in [4.78, 5) is 2.15. The molecule has 0 heterocycles. The van der Waals surface area contributed by atoms with Gasteiger partial charge in [0.1, 0.15) is 0 Å². The lowest BCUT2D eigenvalue weighted by Gasteiger charge is -2.32. The number of hydrogen-bond acceptors (Lipinski definition) is 3. The first-order valence-electron chi connectivity index (χ1n) is 4.95. The quantitative estimate of drug-likeness (QED) is 0.639. The maximum Gasteiger partial charge on any atom is 0.0768 e. The van der Waals surface area contributed by atoms with Crippen molar-refractivity contribution in [3.63, 3.8) is 0 Å². The van der Waals surface area contributed by atoms with Gasteiger partial charge in [-0.25, -0.2) is 0 Å². The van der Waals surface area contributed by atoms with E-state index in [2.05, 4.69) is 10.2 Å². The Morgan fingerprint density at radius 2 is 2.00 bits per heavy atom. The van der Waals surface area contributed by atoms with Crippen LogP contribution in [0, 0.1) is 5.92 Å². The zero-order valence-corrected chi connectivity index (χ0v) is 9.59. The molecular weight excluding hydrogens is 164 g/mol. The minimum Gasteiger partial charge on any atom is -0.389 e. The molecule has 0 fully saturated rings. The van der Waals surface area contributed by atoms with Gasteiger partial charge in [-0.15, -0.1) is 0 Å². The van der Waals surface area contributed by atoms with Crippen molar-refractivity contribution in [3.05, 3.63) is 0 Å². The molecule has 13 heavy (non-hydrogen) atoms. The van der Waals surface area contributed by atoms with E-state index in [1.807, 2.05) is 34.9 Å². The Hall–Kier alpha value is -0.120. The summed E-state index contributed by atoms with van der Waals surface area (Å²) in [5.41, 5.74) is -0.581.